The topological polar surface area (TPSA) is 60.1 Å². The molecule has 3 aromatic rings. The van der Waals surface area contributed by atoms with Gasteiger partial charge in [-0.3, -0.25) is 10.1 Å². The van der Waals surface area contributed by atoms with Crippen molar-refractivity contribution < 1.29 is 0 Å². The minimum atomic E-state index is 0.556. The Morgan fingerprint density at radius 3 is 3.03 bits per heavy atom. The van der Waals surface area contributed by atoms with Crippen LogP contribution in [0.25, 0.3) is 16.6 Å². The minimum absolute atomic E-state index is 0.556. The summed E-state index contributed by atoms with van der Waals surface area (Å²) >= 11 is 0. The molecule has 0 aliphatic carbocycles. The third kappa shape index (κ3) is 4.34. The van der Waals surface area contributed by atoms with Gasteiger partial charge in [0.2, 0.25) is 0 Å². The third-order valence-electron chi connectivity index (χ3n) is 5.66. The highest BCUT2D eigenvalue weighted by Gasteiger charge is 2.24. The maximum absolute atomic E-state index is 4.78. The summed E-state index contributed by atoms with van der Waals surface area (Å²) in [4.78, 5) is 10.6. The lowest BCUT2D eigenvalue weighted by molar-refractivity contribution is 0.422. The summed E-state index contributed by atoms with van der Waals surface area (Å²) in [5.41, 5.74) is 7.06. The number of aliphatic imine (C=N–C) groups is 1. The van der Waals surface area contributed by atoms with Crippen molar-refractivity contribution in [1.29, 1.82) is 0 Å². The number of fused-ring (bicyclic) bond motifs is 1. The van der Waals surface area contributed by atoms with E-state index >= 15 is 0 Å². The van der Waals surface area contributed by atoms with Crippen LogP contribution in [0.4, 0.5) is 0 Å². The summed E-state index contributed by atoms with van der Waals surface area (Å²) in [6.07, 6.45) is 12.3. The molecule has 1 aliphatic rings. The second-order valence-electron chi connectivity index (χ2n) is 7.80. The van der Waals surface area contributed by atoms with Crippen LogP contribution in [-0.2, 0) is 0 Å². The second kappa shape index (κ2) is 8.52. The highest BCUT2D eigenvalue weighted by Crippen LogP contribution is 2.28. The van der Waals surface area contributed by atoms with E-state index in [0.29, 0.717) is 5.92 Å². The molecule has 5 heteroatoms. The first-order chi connectivity index (χ1) is 14.1. The van der Waals surface area contributed by atoms with Gasteiger partial charge in [-0.2, -0.15) is 5.10 Å². The summed E-state index contributed by atoms with van der Waals surface area (Å²) in [6.45, 7) is 8.52. The quantitative estimate of drug-likeness (QED) is 0.555. The number of aromatic nitrogens is 3. The number of H-pyrrole nitrogens is 2. The van der Waals surface area contributed by atoms with E-state index in [9.17, 15) is 0 Å². The molecule has 2 aromatic heterocycles. The van der Waals surface area contributed by atoms with E-state index in [1.54, 1.807) is 0 Å². The summed E-state index contributed by atoms with van der Waals surface area (Å²) in [7, 11) is 0. The molecule has 1 aliphatic heterocycles. The van der Waals surface area contributed by atoms with Crippen molar-refractivity contribution in [2.24, 2.45) is 4.99 Å². The van der Waals surface area contributed by atoms with Crippen LogP contribution >= 0.6 is 0 Å². The van der Waals surface area contributed by atoms with Gasteiger partial charge in [0.25, 0.3) is 0 Å². The monoisotopic (exact) mass is 387 g/mol. The first-order valence-corrected chi connectivity index (χ1v) is 10.4. The lowest BCUT2D eigenvalue weighted by Crippen LogP contribution is -2.18. The van der Waals surface area contributed by atoms with Crippen LogP contribution in [-0.4, -0.2) is 39.4 Å². The summed E-state index contributed by atoms with van der Waals surface area (Å²) in [6, 6.07) is 8.67. The van der Waals surface area contributed by atoms with Gasteiger partial charge in [0.05, 0.1) is 11.9 Å². The summed E-state index contributed by atoms with van der Waals surface area (Å²) in [5, 5.41) is 8.25. The normalized spacial score (nSPS) is 18.4. The lowest BCUT2D eigenvalue weighted by atomic mass is 10.0. The van der Waals surface area contributed by atoms with Crippen molar-refractivity contribution in [3.05, 3.63) is 71.3 Å². The van der Waals surface area contributed by atoms with Crippen LogP contribution in [0.15, 0.2) is 59.5 Å². The largest absolute Gasteiger partial charge is 0.374 e. The van der Waals surface area contributed by atoms with Gasteiger partial charge >= 0.3 is 0 Å². The van der Waals surface area contributed by atoms with Crippen LogP contribution < -0.4 is 0 Å². The Morgan fingerprint density at radius 1 is 1.34 bits per heavy atom. The van der Waals surface area contributed by atoms with E-state index in [-0.39, 0.29) is 0 Å². The molecule has 1 saturated heterocycles. The van der Waals surface area contributed by atoms with Crippen molar-refractivity contribution in [3.63, 3.8) is 0 Å². The van der Waals surface area contributed by atoms with Gasteiger partial charge in [-0.05, 0) is 55.8 Å². The number of likely N-dealkylation sites (tertiary alicyclic amines) is 1. The van der Waals surface area contributed by atoms with Crippen LogP contribution in [0, 0.1) is 6.92 Å². The van der Waals surface area contributed by atoms with E-state index in [1.165, 1.54) is 28.8 Å². The average molecular weight is 388 g/mol. The number of nitrogens with one attached hydrogen (secondary N) is 2. The molecular formula is C24H29N5. The van der Waals surface area contributed by atoms with Crippen molar-refractivity contribution in [2.75, 3.05) is 13.1 Å². The zero-order chi connectivity index (χ0) is 20.2. The fourth-order valence-electron chi connectivity index (χ4n) is 4.04. The van der Waals surface area contributed by atoms with E-state index in [4.69, 9.17) is 4.99 Å². The molecule has 2 N–H and O–H groups in total. The molecule has 5 nitrogen and oxygen atoms in total. The third-order valence-corrected chi connectivity index (χ3v) is 5.66. The molecule has 150 valence electrons. The highest BCUT2D eigenvalue weighted by atomic mass is 15.2. The average Bonchev–Trinajstić information content (AvgIpc) is 3.45. The van der Waals surface area contributed by atoms with Crippen LogP contribution in [0.2, 0.25) is 0 Å². The number of allylic oxidation sites excluding steroid dienone is 3. The Morgan fingerprint density at radius 2 is 2.24 bits per heavy atom. The zero-order valence-corrected chi connectivity index (χ0v) is 17.4. The van der Waals surface area contributed by atoms with E-state index in [2.05, 4.69) is 77.3 Å². The number of nitrogens with zero attached hydrogens (tertiary/aromatic N) is 3. The fraction of sp³-hybridized carbons (Fsp3) is 0.333. The molecule has 0 saturated carbocycles. The van der Waals surface area contributed by atoms with Gasteiger partial charge in [-0.25, -0.2) is 0 Å². The molecule has 0 spiro atoms. The maximum atomic E-state index is 4.78. The van der Waals surface area contributed by atoms with Gasteiger partial charge in [-0.1, -0.05) is 25.1 Å². The predicted octanol–water partition coefficient (Wildman–Crippen LogP) is 5.41. The molecule has 0 bridgehead atoms. The van der Waals surface area contributed by atoms with Crippen molar-refractivity contribution in [3.8, 4) is 0 Å². The minimum Gasteiger partial charge on any atom is -0.374 e. The van der Waals surface area contributed by atoms with Gasteiger partial charge in [0.1, 0.15) is 0 Å². The molecule has 1 unspecified atom stereocenters. The summed E-state index contributed by atoms with van der Waals surface area (Å²) < 4.78 is 0. The zero-order valence-electron chi connectivity index (χ0n) is 17.4. The smallest absolute Gasteiger partial charge is 0.0662 e. The lowest BCUT2D eigenvalue weighted by Gasteiger charge is -2.18. The van der Waals surface area contributed by atoms with E-state index < -0.39 is 0 Å². The van der Waals surface area contributed by atoms with Crippen LogP contribution in [0.3, 0.4) is 0 Å². The van der Waals surface area contributed by atoms with Crippen molar-refractivity contribution >= 4 is 22.8 Å². The Balaban J connectivity index is 1.47. The SMILES string of the molecule is CC/C=C(/N=C/C=C(\C)N1CCC(c2cn[nH]c2)C1)c1ccc2cc(C)[nH]c2c1. The van der Waals surface area contributed by atoms with Gasteiger partial charge in [-0.15, -0.1) is 0 Å². The van der Waals surface area contributed by atoms with Crippen LogP contribution in [0.5, 0.6) is 0 Å². The predicted molar refractivity (Wildman–Crippen MR) is 121 cm³/mol. The molecule has 1 atom stereocenters. The standard InChI is InChI=1S/C24H29N5/c1-4-5-23(20-7-6-19-12-17(2)28-24(19)13-20)25-10-8-18(3)29-11-9-21(16-29)22-14-26-27-15-22/h5-8,10,12-15,21,28H,4,9,11,16H2,1-3H3,(H,26,27)/b18-8+,23-5+,25-10+. The number of aromatic amines is 2. The Kier molecular flexibility index (Phi) is 5.65. The number of benzene rings is 1. The number of aryl methyl sites for hydroxylation is 1. The first-order valence-electron chi connectivity index (χ1n) is 10.4. The molecule has 29 heavy (non-hydrogen) atoms. The summed E-state index contributed by atoms with van der Waals surface area (Å²) in [5.74, 6) is 0.556. The fourth-order valence-corrected chi connectivity index (χ4v) is 4.04. The molecule has 1 fully saturated rings. The Bertz CT molecular complexity index is 1050. The molecule has 1 aromatic carbocycles. The van der Waals surface area contributed by atoms with Gasteiger partial charge in [0.15, 0.2) is 0 Å². The van der Waals surface area contributed by atoms with Crippen molar-refractivity contribution in [1.82, 2.24) is 20.1 Å². The second-order valence-corrected chi connectivity index (χ2v) is 7.80. The molecule has 4 rings (SSSR count). The molecular weight excluding hydrogens is 358 g/mol. The van der Waals surface area contributed by atoms with E-state index in [0.717, 1.165) is 36.3 Å². The Hall–Kier alpha value is -3.08. The van der Waals surface area contributed by atoms with Crippen LogP contribution in [0.1, 0.15) is 49.4 Å². The number of hydrogen-bond acceptors (Lipinski definition) is 3. The van der Waals surface area contributed by atoms with E-state index in [1.807, 2.05) is 18.6 Å². The molecule has 3 heterocycles. The number of hydrogen-bond donors (Lipinski definition) is 2. The maximum Gasteiger partial charge on any atom is 0.0662 e. The van der Waals surface area contributed by atoms with Gasteiger partial charge < -0.3 is 9.88 Å². The van der Waals surface area contributed by atoms with Gasteiger partial charge in [0, 0.05) is 53.9 Å². The number of rotatable bonds is 6. The molecule has 0 amide bonds. The first kappa shape index (κ1) is 19.2. The molecule has 0 radical (unpaired) electrons. The highest BCUT2D eigenvalue weighted by molar-refractivity contribution is 5.86. The Labute approximate surface area is 172 Å². The van der Waals surface area contributed by atoms with Crippen molar-refractivity contribution in [2.45, 2.75) is 39.5 Å².